The Morgan fingerprint density at radius 2 is 1.96 bits per heavy atom. The van der Waals surface area contributed by atoms with E-state index in [-0.39, 0.29) is 19.0 Å². The zero-order valence-corrected chi connectivity index (χ0v) is 16.0. The number of halogens is 2. The van der Waals surface area contributed by atoms with Crippen LogP contribution in [-0.2, 0) is 16.0 Å². The van der Waals surface area contributed by atoms with E-state index in [0.29, 0.717) is 30.2 Å². The first-order chi connectivity index (χ1) is 13.6. The quantitative estimate of drug-likeness (QED) is 0.443. The van der Waals surface area contributed by atoms with Crippen molar-refractivity contribution >= 4 is 5.97 Å². The van der Waals surface area contributed by atoms with Crippen molar-refractivity contribution < 1.29 is 23.0 Å². The molecule has 1 fully saturated rings. The molecular formula is C22H25F2NO3. The van der Waals surface area contributed by atoms with Crippen LogP contribution in [0.5, 0.6) is 5.75 Å². The van der Waals surface area contributed by atoms with Crippen LogP contribution in [-0.4, -0.2) is 24.2 Å². The van der Waals surface area contributed by atoms with Crippen molar-refractivity contribution in [3.8, 4) is 17.0 Å². The average Bonchev–Trinajstić information content (AvgIpc) is 2.64. The maximum Gasteiger partial charge on any atom is 0.305 e. The van der Waals surface area contributed by atoms with Gasteiger partial charge in [-0.15, -0.1) is 0 Å². The smallest absolute Gasteiger partial charge is 0.305 e. The first kappa shape index (κ1) is 20.2. The summed E-state index contributed by atoms with van der Waals surface area (Å²) < 4.78 is 38.8. The molecule has 28 heavy (non-hydrogen) atoms. The maximum atomic E-state index is 14.4. The molecular weight excluding hydrogens is 364 g/mol. The number of rotatable bonds is 9. The Balaban J connectivity index is 1.64. The first-order valence-corrected chi connectivity index (χ1v) is 9.80. The van der Waals surface area contributed by atoms with Crippen LogP contribution in [0.4, 0.5) is 8.78 Å². The number of esters is 1. The molecule has 0 atom stereocenters. The SMILES string of the molecule is CCOC(=O)CCCOc1c(F)cc(-c2cccc(CC3CCC3)n2)cc1F. The van der Waals surface area contributed by atoms with Gasteiger partial charge in [0.25, 0.3) is 0 Å². The Hall–Kier alpha value is -2.50. The van der Waals surface area contributed by atoms with Gasteiger partial charge in [0.05, 0.1) is 18.9 Å². The van der Waals surface area contributed by atoms with Crippen molar-refractivity contribution in [1.82, 2.24) is 4.98 Å². The van der Waals surface area contributed by atoms with Crippen molar-refractivity contribution in [3.05, 3.63) is 47.7 Å². The summed E-state index contributed by atoms with van der Waals surface area (Å²) in [6.45, 7) is 2.06. The van der Waals surface area contributed by atoms with Gasteiger partial charge >= 0.3 is 5.97 Å². The van der Waals surface area contributed by atoms with Gasteiger partial charge < -0.3 is 9.47 Å². The molecule has 6 heteroatoms. The summed E-state index contributed by atoms with van der Waals surface area (Å²) in [6.07, 6.45) is 5.08. The third kappa shape index (κ3) is 5.27. The molecule has 1 aromatic heterocycles. The monoisotopic (exact) mass is 389 g/mol. The minimum absolute atomic E-state index is 0.0289. The van der Waals surface area contributed by atoms with Gasteiger partial charge in [0, 0.05) is 17.7 Å². The van der Waals surface area contributed by atoms with E-state index in [1.807, 2.05) is 12.1 Å². The number of carbonyl (C=O) groups is 1. The summed E-state index contributed by atoms with van der Waals surface area (Å²) in [5.74, 6) is -1.68. The van der Waals surface area contributed by atoms with Crippen LogP contribution in [0.15, 0.2) is 30.3 Å². The van der Waals surface area contributed by atoms with Gasteiger partial charge in [-0.2, -0.15) is 0 Å². The van der Waals surface area contributed by atoms with Gasteiger partial charge in [-0.05, 0) is 49.9 Å². The van der Waals surface area contributed by atoms with Crippen LogP contribution in [0.25, 0.3) is 11.3 Å². The number of carbonyl (C=O) groups excluding carboxylic acids is 1. The molecule has 0 saturated heterocycles. The Morgan fingerprint density at radius 1 is 1.21 bits per heavy atom. The van der Waals surface area contributed by atoms with Crippen LogP contribution < -0.4 is 4.74 Å². The lowest BCUT2D eigenvalue weighted by molar-refractivity contribution is -0.143. The third-order valence-corrected chi connectivity index (χ3v) is 4.90. The summed E-state index contributed by atoms with van der Waals surface area (Å²) >= 11 is 0. The molecule has 1 aromatic carbocycles. The summed E-state index contributed by atoms with van der Waals surface area (Å²) in [5, 5.41) is 0. The molecule has 1 heterocycles. The minimum Gasteiger partial charge on any atom is -0.488 e. The van der Waals surface area contributed by atoms with Crippen molar-refractivity contribution in [3.63, 3.8) is 0 Å². The van der Waals surface area contributed by atoms with E-state index in [1.165, 1.54) is 31.4 Å². The van der Waals surface area contributed by atoms with Crippen molar-refractivity contribution in [2.45, 2.75) is 45.4 Å². The van der Waals surface area contributed by atoms with E-state index in [1.54, 1.807) is 13.0 Å². The number of nitrogens with zero attached hydrogens (tertiary/aromatic N) is 1. The molecule has 0 N–H and O–H groups in total. The molecule has 1 aliphatic rings. The lowest BCUT2D eigenvalue weighted by atomic mass is 9.82. The van der Waals surface area contributed by atoms with Crippen molar-refractivity contribution in [2.75, 3.05) is 13.2 Å². The molecule has 0 radical (unpaired) electrons. The zero-order valence-electron chi connectivity index (χ0n) is 16.0. The lowest BCUT2D eigenvalue weighted by Crippen LogP contribution is -2.14. The van der Waals surface area contributed by atoms with E-state index >= 15 is 0 Å². The molecule has 1 aliphatic carbocycles. The summed E-state index contributed by atoms with van der Waals surface area (Å²) in [7, 11) is 0. The highest BCUT2D eigenvalue weighted by molar-refractivity contribution is 5.69. The fourth-order valence-electron chi connectivity index (χ4n) is 3.22. The van der Waals surface area contributed by atoms with Gasteiger partial charge in [0.1, 0.15) is 0 Å². The molecule has 0 bridgehead atoms. The van der Waals surface area contributed by atoms with E-state index in [0.717, 1.165) is 12.1 Å². The fourth-order valence-corrected chi connectivity index (χ4v) is 3.22. The second-order valence-corrected chi connectivity index (χ2v) is 7.04. The maximum absolute atomic E-state index is 14.4. The standard InChI is InChI=1S/C22H25F2NO3/c1-2-27-21(26)10-5-11-28-22-18(23)13-16(14-19(22)24)20-9-4-8-17(25-20)12-15-6-3-7-15/h4,8-9,13-15H,2-3,5-7,10-12H2,1H3. The average molecular weight is 389 g/mol. The molecule has 1 saturated carbocycles. The van der Waals surface area contributed by atoms with Crippen LogP contribution in [0.1, 0.15) is 44.7 Å². The topological polar surface area (TPSA) is 48.4 Å². The number of aromatic nitrogens is 1. The fraction of sp³-hybridized carbons (Fsp3) is 0.455. The minimum atomic E-state index is -0.780. The van der Waals surface area contributed by atoms with Gasteiger partial charge in [0.15, 0.2) is 17.4 Å². The number of ether oxygens (including phenoxy) is 2. The second kappa shape index (κ2) is 9.62. The van der Waals surface area contributed by atoms with Gasteiger partial charge in [-0.1, -0.05) is 25.3 Å². The van der Waals surface area contributed by atoms with Crippen molar-refractivity contribution in [2.24, 2.45) is 5.92 Å². The number of benzene rings is 1. The molecule has 2 aromatic rings. The number of hydrogen-bond acceptors (Lipinski definition) is 4. The summed E-state index contributed by atoms with van der Waals surface area (Å²) in [4.78, 5) is 15.8. The molecule has 0 unspecified atom stereocenters. The van der Waals surface area contributed by atoms with Gasteiger partial charge in [-0.25, -0.2) is 8.78 Å². The number of hydrogen-bond donors (Lipinski definition) is 0. The third-order valence-electron chi connectivity index (χ3n) is 4.90. The van der Waals surface area contributed by atoms with Gasteiger partial charge in [0.2, 0.25) is 0 Å². The predicted molar refractivity (Wildman–Crippen MR) is 102 cm³/mol. The van der Waals surface area contributed by atoms with Crippen molar-refractivity contribution in [1.29, 1.82) is 0 Å². The molecule has 0 aliphatic heterocycles. The van der Waals surface area contributed by atoms with E-state index in [9.17, 15) is 13.6 Å². The molecule has 0 amide bonds. The highest BCUT2D eigenvalue weighted by atomic mass is 19.1. The first-order valence-electron chi connectivity index (χ1n) is 9.80. The van der Waals surface area contributed by atoms with Crippen LogP contribution in [0.3, 0.4) is 0 Å². The lowest BCUT2D eigenvalue weighted by Gasteiger charge is -2.24. The predicted octanol–water partition coefficient (Wildman–Crippen LogP) is 5.09. The zero-order chi connectivity index (χ0) is 19.9. The Morgan fingerprint density at radius 3 is 2.61 bits per heavy atom. The van der Waals surface area contributed by atoms with Crippen LogP contribution >= 0.6 is 0 Å². The highest BCUT2D eigenvalue weighted by Crippen LogP contribution is 2.31. The van der Waals surface area contributed by atoms with E-state index < -0.39 is 17.4 Å². The largest absolute Gasteiger partial charge is 0.488 e. The molecule has 150 valence electrons. The number of pyridine rings is 1. The summed E-state index contributed by atoms with van der Waals surface area (Å²) in [6, 6.07) is 8.04. The van der Waals surface area contributed by atoms with Gasteiger partial charge in [-0.3, -0.25) is 9.78 Å². The molecule has 3 rings (SSSR count). The highest BCUT2D eigenvalue weighted by Gasteiger charge is 2.19. The Labute approximate surface area is 163 Å². The Kier molecular flexibility index (Phi) is 6.95. The molecule has 0 spiro atoms. The van der Waals surface area contributed by atoms with E-state index in [4.69, 9.17) is 9.47 Å². The van der Waals surface area contributed by atoms with Crippen LogP contribution in [0, 0.1) is 17.6 Å². The summed E-state index contributed by atoms with van der Waals surface area (Å²) in [5.41, 5.74) is 1.87. The normalized spacial score (nSPS) is 13.8. The second-order valence-electron chi connectivity index (χ2n) is 7.04. The van der Waals surface area contributed by atoms with E-state index in [2.05, 4.69) is 4.98 Å². The van der Waals surface area contributed by atoms with Crippen LogP contribution in [0.2, 0.25) is 0 Å². The Bertz CT molecular complexity index is 798. The molecule has 4 nitrogen and oxygen atoms in total.